The molecule has 0 bridgehead atoms. The zero-order valence-corrected chi connectivity index (χ0v) is 8.97. The highest BCUT2D eigenvalue weighted by molar-refractivity contribution is 7.89. The van der Waals surface area contributed by atoms with E-state index in [1.165, 1.54) is 19.4 Å². The first-order chi connectivity index (χ1) is 7.05. The van der Waals surface area contributed by atoms with Crippen molar-refractivity contribution in [2.24, 2.45) is 0 Å². The molecule has 0 saturated carbocycles. The molecular formula is C7H12N4O3S. The summed E-state index contributed by atoms with van der Waals surface area (Å²) in [7, 11) is -1.95. The second kappa shape index (κ2) is 4.89. The fourth-order valence-electron chi connectivity index (χ4n) is 0.878. The zero-order chi connectivity index (χ0) is 11.3. The number of carbonyl (C=O) groups is 1. The molecule has 1 amide bonds. The second-order valence-corrected chi connectivity index (χ2v) is 4.81. The van der Waals surface area contributed by atoms with Crippen LogP contribution in [0.2, 0.25) is 0 Å². The van der Waals surface area contributed by atoms with Crippen LogP contribution in [0.3, 0.4) is 0 Å². The zero-order valence-electron chi connectivity index (χ0n) is 8.15. The van der Waals surface area contributed by atoms with Gasteiger partial charge in [-0.15, -0.1) is 0 Å². The van der Waals surface area contributed by atoms with E-state index in [0.717, 1.165) is 0 Å². The van der Waals surface area contributed by atoms with Gasteiger partial charge in [0.1, 0.15) is 0 Å². The third kappa shape index (κ3) is 3.68. The summed E-state index contributed by atoms with van der Waals surface area (Å²) in [5.74, 6) is -0.498. The predicted octanol–water partition coefficient (Wildman–Crippen LogP) is -1.31. The van der Waals surface area contributed by atoms with Crippen molar-refractivity contribution in [3.05, 3.63) is 18.0 Å². The molecule has 1 rings (SSSR count). The lowest BCUT2D eigenvalue weighted by molar-refractivity contribution is 0.0956. The van der Waals surface area contributed by atoms with Crippen LogP contribution in [0.15, 0.2) is 12.4 Å². The van der Waals surface area contributed by atoms with Crippen LogP contribution in [-0.4, -0.2) is 43.9 Å². The molecule has 15 heavy (non-hydrogen) atoms. The molecule has 0 radical (unpaired) electrons. The van der Waals surface area contributed by atoms with Crippen molar-refractivity contribution in [2.45, 2.75) is 0 Å². The summed E-state index contributed by atoms with van der Waals surface area (Å²) in [5, 5.41) is 8.54. The van der Waals surface area contributed by atoms with Gasteiger partial charge in [0.2, 0.25) is 10.0 Å². The number of nitrogens with zero attached hydrogens (tertiary/aromatic N) is 1. The molecule has 0 atom stereocenters. The first-order valence-corrected chi connectivity index (χ1v) is 5.88. The Hall–Kier alpha value is -1.41. The molecule has 0 unspecified atom stereocenters. The first-order valence-electron chi connectivity index (χ1n) is 4.23. The predicted molar refractivity (Wildman–Crippen MR) is 53.8 cm³/mol. The molecule has 1 aromatic heterocycles. The van der Waals surface area contributed by atoms with Crippen molar-refractivity contribution in [2.75, 3.05) is 19.3 Å². The minimum atomic E-state index is -3.27. The number of hydrogen-bond donors (Lipinski definition) is 3. The van der Waals surface area contributed by atoms with E-state index in [-0.39, 0.29) is 18.2 Å². The maximum Gasteiger partial charge on any atom is 0.254 e. The average molecular weight is 232 g/mol. The summed E-state index contributed by atoms with van der Waals surface area (Å²) in [4.78, 5) is 11.3. The van der Waals surface area contributed by atoms with E-state index >= 15 is 0 Å². The van der Waals surface area contributed by atoms with E-state index in [2.05, 4.69) is 20.2 Å². The normalized spacial score (nSPS) is 11.3. The number of amides is 1. The molecule has 1 aromatic rings. The molecule has 0 aliphatic rings. The minimum Gasteiger partial charge on any atom is -0.351 e. The monoisotopic (exact) mass is 232 g/mol. The Kier molecular flexibility index (Phi) is 3.81. The smallest absolute Gasteiger partial charge is 0.254 e. The van der Waals surface area contributed by atoms with Crippen molar-refractivity contribution in [1.29, 1.82) is 0 Å². The molecule has 0 aliphatic carbocycles. The summed E-state index contributed by atoms with van der Waals surface area (Å²) in [6.45, 7) is 0.0627. The van der Waals surface area contributed by atoms with Gasteiger partial charge in [0, 0.05) is 12.7 Å². The van der Waals surface area contributed by atoms with Gasteiger partial charge in [-0.1, -0.05) is 0 Å². The van der Waals surface area contributed by atoms with Crippen LogP contribution in [0.1, 0.15) is 10.4 Å². The number of aromatic nitrogens is 2. The Bertz CT molecular complexity index is 411. The molecule has 0 aliphatic heterocycles. The fourth-order valence-corrected chi connectivity index (χ4v) is 1.45. The minimum absolute atomic E-state index is 0.0627. The van der Waals surface area contributed by atoms with Gasteiger partial charge in [-0.05, 0) is 7.05 Å². The molecule has 0 saturated heterocycles. The summed E-state index contributed by atoms with van der Waals surface area (Å²) < 4.78 is 24.1. The summed E-state index contributed by atoms with van der Waals surface area (Å²) in [6, 6.07) is 0. The molecule has 7 nitrogen and oxygen atoms in total. The van der Waals surface area contributed by atoms with Crippen LogP contribution in [0.5, 0.6) is 0 Å². The van der Waals surface area contributed by atoms with E-state index in [9.17, 15) is 13.2 Å². The molecule has 8 heteroatoms. The summed E-state index contributed by atoms with van der Waals surface area (Å²) in [6.07, 6.45) is 2.80. The Labute approximate surface area is 87.3 Å². The third-order valence-electron chi connectivity index (χ3n) is 1.73. The van der Waals surface area contributed by atoms with Crippen molar-refractivity contribution in [3.63, 3.8) is 0 Å². The Morgan fingerprint density at radius 1 is 1.60 bits per heavy atom. The molecule has 84 valence electrons. The highest BCUT2D eigenvalue weighted by Gasteiger charge is 2.09. The number of aromatic amines is 1. The van der Waals surface area contributed by atoms with Gasteiger partial charge < -0.3 is 5.32 Å². The number of H-pyrrole nitrogens is 1. The van der Waals surface area contributed by atoms with Gasteiger partial charge in [0.05, 0.1) is 17.5 Å². The lowest BCUT2D eigenvalue weighted by atomic mass is 10.3. The van der Waals surface area contributed by atoms with Crippen molar-refractivity contribution in [3.8, 4) is 0 Å². The maximum atomic E-state index is 11.3. The Morgan fingerprint density at radius 3 is 2.87 bits per heavy atom. The first kappa shape index (κ1) is 11.7. The van der Waals surface area contributed by atoms with Crippen LogP contribution in [0.4, 0.5) is 0 Å². The molecule has 0 aromatic carbocycles. The van der Waals surface area contributed by atoms with Crippen LogP contribution < -0.4 is 10.0 Å². The van der Waals surface area contributed by atoms with Crippen molar-refractivity contribution in [1.82, 2.24) is 20.2 Å². The maximum absolute atomic E-state index is 11.3. The van der Waals surface area contributed by atoms with Crippen LogP contribution in [-0.2, 0) is 10.0 Å². The van der Waals surface area contributed by atoms with E-state index in [1.807, 2.05) is 0 Å². The molecule has 3 N–H and O–H groups in total. The molecule has 1 heterocycles. The number of carbonyl (C=O) groups excluding carboxylic acids is 1. The fraction of sp³-hybridized carbons (Fsp3) is 0.429. The van der Waals surface area contributed by atoms with Crippen molar-refractivity contribution < 1.29 is 13.2 Å². The Morgan fingerprint density at radius 2 is 2.33 bits per heavy atom. The lowest BCUT2D eigenvalue weighted by Gasteiger charge is -2.03. The standard InChI is InChI=1S/C7H12N4O3S/c1-8-15(13,14)3-2-9-7(12)6-4-10-11-5-6/h4-5,8H,2-3H2,1H3,(H,9,12)(H,10,11). The SMILES string of the molecule is CNS(=O)(=O)CCNC(=O)c1cn[nH]c1. The van der Waals surface area contributed by atoms with Gasteiger partial charge in [-0.2, -0.15) is 5.10 Å². The van der Waals surface area contributed by atoms with Crippen LogP contribution >= 0.6 is 0 Å². The lowest BCUT2D eigenvalue weighted by Crippen LogP contribution is -2.32. The average Bonchev–Trinajstić information content (AvgIpc) is 2.70. The van der Waals surface area contributed by atoms with E-state index in [0.29, 0.717) is 5.56 Å². The number of rotatable bonds is 5. The second-order valence-electron chi connectivity index (χ2n) is 2.77. The van der Waals surface area contributed by atoms with Gasteiger partial charge in [-0.3, -0.25) is 9.89 Å². The highest BCUT2D eigenvalue weighted by Crippen LogP contribution is 1.92. The quantitative estimate of drug-likeness (QED) is 0.586. The highest BCUT2D eigenvalue weighted by atomic mass is 32.2. The molecular weight excluding hydrogens is 220 g/mol. The van der Waals surface area contributed by atoms with E-state index in [4.69, 9.17) is 0 Å². The van der Waals surface area contributed by atoms with Crippen LogP contribution in [0, 0.1) is 0 Å². The Balaban J connectivity index is 2.36. The topological polar surface area (TPSA) is 104 Å². The molecule has 0 fully saturated rings. The van der Waals surface area contributed by atoms with Gasteiger partial charge in [0.25, 0.3) is 5.91 Å². The largest absolute Gasteiger partial charge is 0.351 e. The van der Waals surface area contributed by atoms with E-state index < -0.39 is 10.0 Å². The number of sulfonamides is 1. The summed E-state index contributed by atoms with van der Waals surface area (Å²) in [5.41, 5.74) is 0.372. The van der Waals surface area contributed by atoms with Gasteiger partial charge in [0.15, 0.2) is 0 Å². The summed E-state index contributed by atoms with van der Waals surface area (Å²) >= 11 is 0. The molecule has 0 spiro atoms. The van der Waals surface area contributed by atoms with E-state index in [1.54, 1.807) is 0 Å². The van der Waals surface area contributed by atoms with Crippen LogP contribution in [0.25, 0.3) is 0 Å². The third-order valence-corrected chi connectivity index (χ3v) is 3.09. The number of nitrogens with one attached hydrogen (secondary N) is 3. The van der Waals surface area contributed by atoms with Gasteiger partial charge in [-0.25, -0.2) is 13.1 Å². The van der Waals surface area contributed by atoms with Gasteiger partial charge >= 0.3 is 0 Å². The van der Waals surface area contributed by atoms with Crippen molar-refractivity contribution >= 4 is 15.9 Å². The number of hydrogen-bond acceptors (Lipinski definition) is 4.